The quantitative estimate of drug-likeness (QED) is 0.532. The highest BCUT2D eigenvalue weighted by Crippen LogP contribution is 2.44. The first kappa shape index (κ1) is 17.8. The molecule has 0 unspecified atom stereocenters. The number of nitrogens with one attached hydrogen (secondary N) is 1. The molecule has 3 nitrogen and oxygen atoms in total. The van der Waals surface area contributed by atoms with E-state index >= 15 is 0 Å². The molecule has 5 heteroatoms. The largest absolute Gasteiger partial charge is 0.495 e. The zero-order valence-electron chi connectivity index (χ0n) is 14.6. The summed E-state index contributed by atoms with van der Waals surface area (Å²) >= 11 is 2.42. The van der Waals surface area contributed by atoms with Crippen molar-refractivity contribution in [2.24, 2.45) is 0 Å². The van der Waals surface area contributed by atoms with Crippen molar-refractivity contribution in [1.82, 2.24) is 9.97 Å². The molecular weight excluding hydrogens is 403 g/mol. The molecule has 2 rings (SSSR count). The fourth-order valence-corrected chi connectivity index (χ4v) is 12.4. The average Bonchev–Trinajstić information content (AvgIpc) is 2.80. The Morgan fingerprint density at radius 1 is 1.09 bits per heavy atom. The van der Waals surface area contributed by atoms with E-state index in [1.165, 1.54) is 14.1 Å². The van der Waals surface area contributed by atoms with Crippen LogP contribution < -0.4 is 9.92 Å². The van der Waals surface area contributed by atoms with Crippen molar-refractivity contribution in [2.75, 3.05) is 7.11 Å². The summed E-state index contributed by atoms with van der Waals surface area (Å²) in [7, 11) is -0.0487. The molecule has 22 heavy (non-hydrogen) atoms. The number of H-pyrrole nitrogens is 1. The number of fused-ring (bicyclic) bond motifs is 1. The summed E-state index contributed by atoms with van der Waals surface area (Å²) in [6.45, 7) is 14.3. The number of rotatable bonds is 5. The van der Waals surface area contributed by atoms with Crippen LogP contribution in [-0.4, -0.2) is 25.2 Å². The molecule has 122 valence electrons. The zero-order valence-corrected chi connectivity index (χ0v) is 17.8. The molecule has 0 fully saturated rings. The van der Waals surface area contributed by atoms with Gasteiger partial charge in [0.25, 0.3) is 0 Å². The summed E-state index contributed by atoms with van der Waals surface area (Å²) in [6.07, 6.45) is 3.96. The van der Waals surface area contributed by atoms with Gasteiger partial charge in [-0.3, -0.25) is 0 Å². The predicted octanol–water partition coefficient (Wildman–Crippen LogP) is 5.06. The van der Waals surface area contributed by atoms with Crippen LogP contribution in [0.15, 0.2) is 12.4 Å². The molecule has 0 saturated carbocycles. The molecule has 0 spiro atoms. The lowest BCUT2D eigenvalue weighted by molar-refractivity contribution is 0.416. The fourth-order valence-electron chi connectivity index (χ4n) is 4.49. The number of aromatic nitrogens is 2. The van der Waals surface area contributed by atoms with E-state index < -0.39 is 8.07 Å². The molecule has 0 aliphatic carbocycles. The SMILES string of the molecule is COc1cnc2[nH]cc(I)c2c1[Si](C(C)C)(C(C)C)C(C)C. The van der Waals surface area contributed by atoms with Crippen molar-refractivity contribution in [1.29, 1.82) is 0 Å². The van der Waals surface area contributed by atoms with Gasteiger partial charge in [0.15, 0.2) is 0 Å². The van der Waals surface area contributed by atoms with E-state index in [9.17, 15) is 0 Å². The molecule has 0 saturated heterocycles. The van der Waals surface area contributed by atoms with Gasteiger partial charge in [0.1, 0.15) is 19.5 Å². The molecule has 2 aromatic heterocycles. The van der Waals surface area contributed by atoms with Gasteiger partial charge in [0.2, 0.25) is 0 Å². The Morgan fingerprint density at radius 3 is 2.09 bits per heavy atom. The minimum Gasteiger partial charge on any atom is -0.495 e. The minimum atomic E-state index is -1.82. The molecule has 0 aliphatic heterocycles. The number of aromatic amines is 1. The highest BCUT2D eigenvalue weighted by molar-refractivity contribution is 14.1. The van der Waals surface area contributed by atoms with Gasteiger partial charge in [-0.25, -0.2) is 4.98 Å². The lowest BCUT2D eigenvalue weighted by Crippen LogP contribution is -2.56. The first-order chi connectivity index (χ1) is 10.3. The number of ether oxygens (including phenoxy) is 1. The second-order valence-electron chi connectivity index (χ2n) is 6.96. The Morgan fingerprint density at radius 2 is 1.64 bits per heavy atom. The van der Waals surface area contributed by atoms with Gasteiger partial charge in [-0.15, -0.1) is 0 Å². The van der Waals surface area contributed by atoms with Gasteiger partial charge in [-0.05, 0) is 44.4 Å². The molecule has 0 bridgehead atoms. The van der Waals surface area contributed by atoms with E-state index in [-0.39, 0.29) is 0 Å². The van der Waals surface area contributed by atoms with E-state index in [0.717, 1.165) is 11.4 Å². The Labute approximate surface area is 148 Å². The number of pyridine rings is 1. The summed E-state index contributed by atoms with van der Waals surface area (Å²) in [5, 5.41) is 2.73. The third kappa shape index (κ3) is 2.50. The van der Waals surface area contributed by atoms with Crippen molar-refractivity contribution in [2.45, 2.75) is 58.2 Å². The maximum Gasteiger partial charge on any atom is 0.138 e. The van der Waals surface area contributed by atoms with Gasteiger partial charge < -0.3 is 9.72 Å². The van der Waals surface area contributed by atoms with Gasteiger partial charge >= 0.3 is 0 Å². The summed E-state index contributed by atoms with van der Waals surface area (Å²) in [5.41, 5.74) is 2.90. The normalized spacial score (nSPS) is 12.9. The molecule has 0 amide bonds. The van der Waals surface area contributed by atoms with Crippen molar-refractivity contribution < 1.29 is 4.74 Å². The van der Waals surface area contributed by atoms with Crippen LogP contribution in [0.4, 0.5) is 0 Å². The van der Waals surface area contributed by atoms with E-state index in [4.69, 9.17) is 4.74 Å². The maximum atomic E-state index is 5.79. The number of methoxy groups -OCH3 is 1. The highest BCUT2D eigenvalue weighted by Gasteiger charge is 2.47. The van der Waals surface area contributed by atoms with E-state index in [1.807, 2.05) is 6.20 Å². The van der Waals surface area contributed by atoms with Crippen LogP contribution in [0.3, 0.4) is 0 Å². The molecule has 0 radical (unpaired) electrons. The first-order valence-corrected chi connectivity index (χ1v) is 11.3. The van der Waals surface area contributed by atoms with Crippen LogP contribution in [0.25, 0.3) is 11.0 Å². The minimum absolute atomic E-state index is 0.637. The number of hydrogen-bond acceptors (Lipinski definition) is 2. The molecule has 0 aliphatic rings. The van der Waals surface area contributed by atoms with Crippen LogP contribution in [0.5, 0.6) is 5.75 Å². The third-order valence-corrected chi connectivity index (χ3v) is 13.1. The molecule has 0 aromatic carbocycles. The topological polar surface area (TPSA) is 37.9 Å². The van der Waals surface area contributed by atoms with Crippen molar-refractivity contribution >= 4 is 46.9 Å². The monoisotopic (exact) mass is 430 g/mol. The van der Waals surface area contributed by atoms with Crippen LogP contribution in [0, 0.1) is 3.57 Å². The molecule has 0 atom stereocenters. The Kier molecular flexibility index (Phi) is 5.26. The number of nitrogens with zero attached hydrogens (tertiary/aromatic N) is 1. The smallest absolute Gasteiger partial charge is 0.138 e. The standard InChI is InChI=1S/C17H27IN2OSi/c1-10(2)22(11(3)4,12(5)6)16-14(21-7)9-20-17-15(16)13(18)8-19-17/h8-12H,1-7H3,(H,19,20). The molecule has 2 aromatic rings. The van der Waals surface area contributed by atoms with Crippen LogP contribution >= 0.6 is 22.6 Å². The van der Waals surface area contributed by atoms with Crippen LogP contribution in [0.2, 0.25) is 16.6 Å². The van der Waals surface area contributed by atoms with Gasteiger partial charge in [0, 0.05) is 15.2 Å². The number of halogens is 1. The Bertz CT molecular complexity index is 642. The van der Waals surface area contributed by atoms with Crippen LogP contribution in [0.1, 0.15) is 41.5 Å². The number of hydrogen-bond donors (Lipinski definition) is 1. The van der Waals surface area contributed by atoms with Crippen molar-refractivity contribution in [3.63, 3.8) is 0 Å². The van der Waals surface area contributed by atoms with Crippen molar-refractivity contribution in [3.8, 4) is 5.75 Å². The Hall–Kier alpha value is -0.563. The van der Waals surface area contributed by atoms with Gasteiger partial charge in [-0.1, -0.05) is 41.5 Å². The highest BCUT2D eigenvalue weighted by atomic mass is 127. The zero-order chi connectivity index (χ0) is 16.7. The summed E-state index contributed by atoms with van der Waals surface area (Å²) in [4.78, 5) is 7.88. The van der Waals surface area contributed by atoms with Crippen molar-refractivity contribution in [3.05, 3.63) is 16.0 Å². The summed E-state index contributed by atoms with van der Waals surface area (Å²) < 4.78 is 7.03. The molecular formula is C17H27IN2OSi. The summed E-state index contributed by atoms with van der Waals surface area (Å²) in [5.74, 6) is 0.966. The van der Waals surface area contributed by atoms with Gasteiger partial charge in [0.05, 0.1) is 13.3 Å². The lowest BCUT2D eigenvalue weighted by Gasteiger charge is -2.44. The van der Waals surface area contributed by atoms with Gasteiger partial charge in [-0.2, -0.15) is 0 Å². The summed E-state index contributed by atoms with van der Waals surface area (Å²) in [6, 6.07) is 0. The second-order valence-corrected chi connectivity index (χ2v) is 14.0. The van der Waals surface area contributed by atoms with E-state index in [2.05, 4.69) is 80.3 Å². The maximum absolute atomic E-state index is 5.79. The van der Waals surface area contributed by atoms with E-state index in [1.54, 1.807) is 7.11 Å². The molecule has 1 N–H and O–H groups in total. The Balaban J connectivity index is 2.98. The first-order valence-electron chi connectivity index (χ1n) is 7.98. The lowest BCUT2D eigenvalue weighted by atomic mass is 10.3. The second kappa shape index (κ2) is 6.51. The fraction of sp³-hybridized carbons (Fsp3) is 0.588. The average molecular weight is 430 g/mol. The van der Waals surface area contributed by atoms with E-state index in [0.29, 0.717) is 16.6 Å². The molecule has 2 heterocycles. The predicted molar refractivity (Wildman–Crippen MR) is 106 cm³/mol. The third-order valence-electron chi connectivity index (χ3n) is 5.14. The van der Waals surface area contributed by atoms with Crippen LogP contribution in [-0.2, 0) is 0 Å².